The molecule has 0 bridgehead atoms. The Morgan fingerprint density at radius 3 is 2.81 bits per heavy atom. The minimum atomic E-state index is -0.906. The van der Waals surface area contributed by atoms with Gasteiger partial charge in [-0.15, -0.1) is 0 Å². The molecule has 0 aromatic heterocycles. The predicted molar refractivity (Wildman–Crippen MR) is 76.1 cm³/mol. The van der Waals surface area contributed by atoms with Crippen molar-refractivity contribution in [2.24, 2.45) is 5.92 Å². The largest absolute Gasteiger partial charge is 0.312 e. The van der Waals surface area contributed by atoms with E-state index in [4.69, 9.17) is 0 Å². The zero-order valence-electron chi connectivity index (χ0n) is 11.8. The van der Waals surface area contributed by atoms with Gasteiger partial charge in [-0.05, 0) is 24.5 Å². The van der Waals surface area contributed by atoms with Gasteiger partial charge in [0.2, 0.25) is 5.91 Å². The first-order valence-corrected chi connectivity index (χ1v) is 7.04. The third-order valence-electron chi connectivity index (χ3n) is 4.01. The summed E-state index contributed by atoms with van der Waals surface area (Å²) in [6, 6.07) is 7.77. The zero-order chi connectivity index (χ0) is 15.0. The summed E-state index contributed by atoms with van der Waals surface area (Å²) >= 11 is 0. The fourth-order valence-corrected chi connectivity index (χ4v) is 2.90. The highest BCUT2D eigenvalue weighted by atomic mass is 16.2. The van der Waals surface area contributed by atoms with Crippen molar-refractivity contribution in [3.8, 4) is 0 Å². The number of carbonyl (C=O) groups excluding carboxylic acids is 3. The summed E-state index contributed by atoms with van der Waals surface area (Å²) in [5.74, 6) is -1.83. The van der Waals surface area contributed by atoms with Crippen LogP contribution in [0.3, 0.4) is 0 Å². The number of rotatable bonds is 2. The number of nitrogens with zero attached hydrogens (tertiary/aromatic N) is 2. The molecule has 0 saturated carbocycles. The quantitative estimate of drug-likeness (QED) is 0.804. The Morgan fingerprint density at radius 2 is 2.10 bits per heavy atom. The van der Waals surface area contributed by atoms with Crippen molar-refractivity contribution in [2.75, 3.05) is 18.5 Å². The summed E-state index contributed by atoms with van der Waals surface area (Å²) < 4.78 is 0. The van der Waals surface area contributed by atoms with Crippen molar-refractivity contribution in [3.05, 3.63) is 29.8 Å². The third kappa shape index (κ3) is 2.37. The number of fused-ring (bicyclic) bond motifs is 1. The van der Waals surface area contributed by atoms with Gasteiger partial charge < -0.3 is 4.90 Å². The SMILES string of the molecule is CN1NC(=O)C(CC(=O)N2CCCc3ccccc32)C1=O. The molecule has 1 unspecified atom stereocenters. The van der Waals surface area contributed by atoms with Gasteiger partial charge in [0.1, 0.15) is 5.92 Å². The summed E-state index contributed by atoms with van der Waals surface area (Å²) in [6.45, 7) is 0.633. The first-order chi connectivity index (χ1) is 10.1. The molecule has 1 saturated heterocycles. The standard InChI is InChI=1S/C15H17N3O3/c1-17-15(21)11(14(20)16-17)9-13(19)18-8-4-6-10-5-2-3-7-12(10)18/h2-3,5,7,11H,4,6,8-9H2,1H3,(H,16,20). The maximum atomic E-state index is 12.5. The molecule has 6 heteroatoms. The van der Waals surface area contributed by atoms with Gasteiger partial charge in [0.15, 0.2) is 0 Å². The lowest BCUT2D eigenvalue weighted by Crippen LogP contribution is -2.38. The van der Waals surface area contributed by atoms with Crippen LogP contribution >= 0.6 is 0 Å². The van der Waals surface area contributed by atoms with Crippen LogP contribution in [0.5, 0.6) is 0 Å². The van der Waals surface area contributed by atoms with Gasteiger partial charge in [-0.25, -0.2) is 0 Å². The number of hydrogen-bond acceptors (Lipinski definition) is 3. The van der Waals surface area contributed by atoms with E-state index in [1.165, 1.54) is 7.05 Å². The molecule has 21 heavy (non-hydrogen) atoms. The number of anilines is 1. The molecule has 1 atom stereocenters. The number of carbonyl (C=O) groups is 3. The molecule has 1 N–H and O–H groups in total. The number of benzene rings is 1. The van der Waals surface area contributed by atoms with Crippen molar-refractivity contribution in [1.82, 2.24) is 10.4 Å². The minimum Gasteiger partial charge on any atom is -0.312 e. The maximum absolute atomic E-state index is 12.5. The Labute approximate surface area is 122 Å². The molecular weight excluding hydrogens is 270 g/mol. The number of para-hydroxylation sites is 1. The molecule has 1 aromatic rings. The predicted octanol–water partition coefficient (Wildman–Crippen LogP) is 0.475. The monoisotopic (exact) mass is 287 g/mol. The first-order valence-electron chi connectivity index (χ1n) is 7.04. The summed E-state index contributed by atoms with van der Waals surface area (Å²) in [4.78, 5) is 37.7. The van der Waals surface area contributed by atoms with E-state index in [9.17, 15) is 14.4 Å². The Bertz CT molecular complexity index is 614. The van der Waals surface area contributed by atoms with E-state index in [0.29, 0.717) is 6.54 Å². The van der Waals surface area contributed by atoms with Gasteiger partial charge in [-0.2, -0.15) is 0 Å². The molecule has 110 valence electrons. The topological polar surface area (TPSA) is 69.7 Å². The van der Waals surface area contributed by atoms with E-state index in [2.05, 4.69) is 5.43 Å². The zero-order valence-corrected chi connectivity index (χ0v) is 11.8. The van der Waals surface area contributed by atoms with Crippen LogP contribution in [0.1, 0.15) is 18.4 Å². The van der Waals surface area contributed by atoms with Gasteiger partial charge in [-0.3, -0.25) is 24.8 Å². The molecule has 1 fully saturated rings. The smallest absolute Gasteiger partial charge is 0.253 e. The average Bonchev–Trinajstić information content (AvgIpc) is 2.73. The lowest BCUT2D eigenvalue weighted by Gasteiger charge is -2.29. The van der Waals surface area contributed by atoms with E-state index in [-0.39, 0.29) is 18.2 Å². The van der Waals surface area contributed by atoms with E-state index in [0.717, 1.165) is 29.1 Å². The van der Waals surface area contributed by atoms with Gasteiger partial charge in [0.05, 0.1) is 0 Å². The summed E-state index contributed by atoms with van der Waals surface area (Å²) in [5, 5.41) is 1.14. The van der Waals surface area contributed by atoms with Crippen molar-refractivity contribution in [1.29, 1.82) is 0 Å². The van der Waals surface area contributed by atoms with Gasteiger partial charge in [0, 0.05) is 25.7 Å². The molecule has 3 rings (SSSR count). The number of hydrazine groups is 1. The van der Waals surface area contributed by atoms with E-state index in [1.54, 1.807) is 4.90 Å². The lowest BCUT2D eigenvalue weighted by atomic mass is 9.99. The van der Waals surface area contributed by atoms with Crippen molar-refractivity contribution in [3.63, 3.8) is 0 Å². The number of hydrogen-bond donors (Lipinski definition) is 1. The number of nitrogens with one attached hydrogen (secondary N) is 1. The molecule has 0 radical (unpaired) electrons. The second-order valence-electron chi connectivity index (χ2n) is 5.41. The Hall–Kier alpha value is -2.37. The third-order valence-corrected chi connectivity index (χ3v) is 4.01. The van der Waals surface area contributed by atoms with Crippen LogP contribution in [0.15, 0.2) is 24.3 Å². The van der Waals surface area contributed by atoms with Gasteiger partial charge in [-0.1, -0.05) is 18.2 Å². The first kappa shape index (κ1) is 13.6. The van der Waals surface area contributed by atoms with Crippen molar-refractivity contribution in [2.45, 2.75) is 19.3 Å². The minimum absolute atomic E-state index is 0.0800. The average molecular weight is 287 g/mol. The summed E-state index contributed by atoms with van der Waals surface area (Å²) in [7, 11) is 1.49. The fourth-order valence-electron chi connectivity index (χ4n) is 2.90. The van der Waals surface area contributed by atoms with Gasteiger partial charge in [0.25, 0.3) is 11.8 Å². The van der Waals surface area contributed by atoms with E-state index in [1.807, 2.05) is 24.3 Å². The Kier molecular flexibility index (Phi) is 3.37. The second-order valence-corrected chi connectivity index (χ2v) is 5.41. The molecule has 2 aliphatic heterocycles. The van der Waals surface area contributed by atoms with Crippen LogP contribution < -0.4 is 10.3 Å². The van der Waals surface area contributed by atoms with Crippen LogP contribution in [0.2, 0.25) is 0 Å². The number of aryl methyl sites for hydroxylation is 1. The van der Waals surface area contributed by atoms with Crippen molar-refractivity contribution >= 4 is 23.4 Å². The van der Waals surface area contributed by atoms with E-state index >= 15 is 0 Å². The summed E-state index contributed by atoms with van der Waals surface area (Å²) in [6.07, 6.45) is 1.77. The Morgan fingerprint density at radius 1 is 1.33 bits per heavy atom. The highest BCUT2D eigenvalue weighted by Gasteiger charge is 2.39. The van der Waals surface area contributed by atoms with E-state index < -0.39 is 11.8 Å². The summed E-state index contributed by atoms with van der Waals surface area (Å²) in [5.41, 5.74) is 4.45. The molecule has 0 aliphatic carbocycles. The highest BCUT2D eigenvalue weighted by Crippen LogP contribution is 2.28. The molecule has 0 spiro atoms. The van der Waals surface area contributed by atoms with Crippen molar-refractivity contribution < 1.29 is 14.4 Å². The van der Waals surface area contributed by atoms with Crippen LogP contribution in [0.4, 0.5) is 5.69 Å². The molecular formula is C15H17N3O3. The molecule has 6 nitrogen and oxygen atoms in total. The normalized spacial score (nSPS) is 21.3. The van der Waals surface area contributed by atoms with Crippen LogP contribution in [-0.2, 0) is 20.8 Å². The van der Waals surface area contributed by atoms with Crippen LogP contribution in [-0.4, -0.2) is 36.3 Å². The number of amides is 3. The van der Waals surface area contributed by atoms with Crippen LogP contribution in [0.25, 0.3) is 0 Å². The molecule has 2 heterocycles. The highest BCUT2D eigenvalue weighted by molar-refractivity contribution is 6.09. The Balaban J connectivity index is 1.78. The second kappa shape index (κ2) is 5.20. The molecule has 1 aromatic carbocycles. The van der Waals surface area contributed by atoms with Crippen LogP contribution in [0, 0.1) is 5.92 Å². The molecule has 3 amide bonds. The molecule has 2 aliphatic rings. The fraction of sp³-hybridized carbons (Fsp3) is 0.400. The maximum Gasteiger partial charge on any atom is 0.253 e. The lowest BCUT2D eigenvalue weighted by molar-refractivity contribution is -0.134. The van der Waals surface area contributed by atoms with Gasteiger partial charge >= 0.3 is 0 Å².